The topological polar surface area (TPSA) is 17.1 Å². The molecule has 0 aromatic heterocycles. The standard InChI is InChI=1S/C16H14ClIO/c1-2-11-3-5-12(6-4-11)9-16(19)14-10-13(17)7-8-15(14)18/h3-8,10H,2,9H2,1H3. The zero-order chi connectivity index (χ0) is 13.8. The number of ketones is 1. The Morgan fingerprint density at radius 3 is 2.37 bits per heavy atom. The fourth-order valence-corrected chi connectivity index (χ4v) is 2.69. The molecule has 0 atom stereocenters. The van der Waals surface area contributed by atoms with E-state index in [1.165, 1.54) is 5.56 Å². The highest BCUT2D eigenvalue weighted by Gasteiger charge is 2.11. The highest BCUT2D eigenvalue weighted by molar-refractivity contribution is 14.1. The highest BCUT2D eigenvalue weighted by Crippen LogP contribution is 2.20. The van der Waals surface area contributed by atoms with E-state index < -0.39 is 0 Å². The zero-order valence-corrected chi connectivity index (χ0v) is 13.5. The zero-order valence-electron chi connectivity index (χ0n) is 10.6. The number of benzene rings is 2. The molecule has 98 valence electrons. The summed E-state index contributed by atoms with van der Waals surface area (Å²) in [6.45, 7) is 2.12. The Kier molecular flexibility index (Phi) is 4.99. The molecular weight excluding hydrogens is 371 g/mol. The van der Waals surface area contributed by atoms with Crippen LogP contribution in [-0.2, 0) is 12.8 Å². The second-order valence-corrected chi connectivity index (χ2v) is 5.99. The van der Waals surface area contributed by atoms with Gasteiger partial charge in [-0.15, -0.1) is 0 Å². The van der Waals surface area contributed by atoms with Crippen molar-refractivity contribution in [1.29, 1.82) is 0 Å². The summed E-state index contributed by atoms with van der Waals surface area (Å²) in [5.41, 5.74) is 3.03. The van der Waals surface area contributed by atoms with Crippen LogP contribution in [0.2, 0.25) is 5.02 Å². The molecule has 3 heteroatoms. The van der Waals surface area contributed by atoms with Crippen molar-refractivity contribution < 1.29 is 4.79 Å². The quantitative estimate of drug-likeness (QED) is 0.539. The molecule has 0 saturated carbocycles. The predicted octanol–water partition coefficient (Wildman–Crippen LogP) is 4.93. The summed E-state index contributed by atoms with van der Waals surface area (Å²) in [6, 6.07) is 13.6. The molecule has 2 rings (SSSR count). The van der Waals surface area contributed by atoms with Gasteiger partial charge in [0, 0.05) is 20.6 Å². The summed E-state index contributed by atoms with van der Waals surface area (Å²) >= 11 is 8.11. The lowest BCUT2D eigenvalue weighted by atomic mass is 10.0. The first-order valence-corrected chi connectivity index (χ1v) is 7.62. The maximum absolute atomic E-state index is 12.3. The maximum Gasteiger partial charge on any atom is 0.168 e. The highest BCUT2D eigenvalue weighted by atomic mass is 127. The van der Waals surface area contributed by atoms with Crippen LogP contribution in [-0.4, -0.2) is 5.78 Å². The van der Waals surface area contributed by atoms with Crippen LogP contribution in [0.4, 0.5) is 0 Å². The van der Waals surface area contributed by atoms with Crippen molar-refractivity contribution in [1.82, 2.24) is 0 Å². The number of halogens is 2. The van der Waals surface area contributed by atoms with Gasteiger partial charge in [0.15, 0.2) is 5.78 Å². The van der Waals surface area contributed by atoms with Crippen molar-refractivity contribution in [2.45, 2.75) is 19.8 Å². The van der Waals surface area contributed by atoms with Crippen LogP contribution in [0.1, 0.15) is 28.4 Å². The molecule has 0 unspecified atom stereocenters. The average Bonchev–Trinajstić information content (AvgIpc) is 2.42. The molecule has 0 fully saturated rings. The molecule has 0 aliphatic rings. The minimum absolute atomic E-state index is 0.108. The van der Waals surface area contributed by atoms with E-state index in [2.05, 4.69) is 41.6 Å². The second-order valence-electron chi connectivity index (χ2n) is 4.39. The first-order chi connectivity index (χ1) is 9.10. The number of Topliss-reactive ketones (excluding diaryl/α,β-unsaturated/α-hetero) is 1. The molecule has 0 aliphatic carbocycles. The van der Waals surface area contributed by atoms with Crippen molar-refractivity contribution in [3.8, 4) is 0 Å². The summed E-state index contributed by atoms with van der Waals surface area (Å²) in [5, 5.41) is 0.602. The minimum Gasteiger partial charge on any atom is -0.294 e. The van der Waals surface area contributed by atoms with E-state index in [9.17, 15) is 4.79 Å². The third-order valence-electron chi connectivity index (χ3n) is 3.02. The lowest BCUT2D eigenvalue weighted by molar-refractivity contribution is 0.0992. The molecule has 0 spiro atoms. The molecule has 0 heterocycles. The van der Waals surface area contributed by atoms with Crippen LogP contribution >= 0.6 is 34.2 Å². The molecule has 0 aliphatic heterocycles. The van der Waals surface area contributed by atoms with Gasteiger partial charge in [-0.25, -0.2) is 0 Å². The van der Waals surface area contributed by atoms with E-state index in [4.69, 9.17) is 11.6 Å². The third-order valence-corrected chi connectivity index (χ3v) is 4.20. The van der Waals surface area contributed by atoms with Gasteiger partial charge in [0.1, 0.15) is 0 Å². The number of aryl methyl sites for hydroxylation is 1. The molecule has 2 aromatic rings. The normalized spacial score (nSPS) is 10.5. The molecule has 19 heavy (non-hydrogen) atoms. The second kappa shape index (κ2) is 6.53. The SMILES string of the molecule is CCc1ccc(CC(=O)c2cc(Cl)ccc2I)cc1. The summed E-state index contributed by atoms with van der Waals surface area (Å²) in [7, 11) is 0. The predicted molar refractivity (Wildman–Crippen MR) is 88.0 cm³/mol. The Bertz CT molecular complexity index is 590. The molecule has 2 aromatic carbocycles. The van der Waals surface area contributed by atoms with Crippen molar-refractivity contribution in [2.75, 3.05) is 0 Å². The van der Waals surface area contributed by atoms with Crippen LogP contribution in [0.5, 0.6) is 0 Å². The van der Waals surface area contributed by atoms with Gasteiger partial charge in [-0.1, -0.05) is 42.8 Å². The molecule has 0 radical (unpaired) electrons. The summed E-state index contributed by atoms with van der Waals surface area (Å²) < 4.78 is 0.942. The lowest BCUT2D eigenvalue weighted by Crippen LogP contribution is -2.05. The number of carbonyl (C=O) groups is 1. The van der Waals surface area contributed by atoms with Crippen molar-refractivity contribution >= 4 is 40.0 Å². The minimum atomic E-state index is 0.108. The number of hydrogen-bond acceptors (Lipinski definition) is 1. The number of rotatable bonds is 4. The van der Waals surface area contributed by atoms with Crippen LogP contribution in [0.25, 0.3) is 0 Å². The van der Waals surface area contributed by atoms with Crippen molar-refractivity contribution in [3.05, 3.63) is 67.7 Å². The van der Waals surface area contributed by atoms with Gasteiger partial charge in [0.25, 0.3) is 0 Å². The van der Waals surface area contributed by atoms with Gasteiger partial charge < -0.3 is 0 Å². The van der Waals surface area contributed by atoms with Crippen LogP contribution < -0.4 is 0 Å². The van der Waals surface area contributed by atoms with E-state index >= 15 is 0 Å². The maximum atomic E-state index is 12.3. The van der Waals surface area contributed by atoms with Gasteiger partial charge in [-0.3, -0.25) is 4.79 Å². The molecule has 0 saturated heterocycles. The Labute approximate surface area is 132 Å². The average molecular weight is 385 g/mol. The fourth-order valence-electron chi connectivity index (χ4n) is 1.88. The smallest absolute Gasteiger partial charge is 0.168 e. The van der Waals surface area contributed by atoms with E-state index in [-0.39, 0.29) is 5.78 Å². The Morgan fingerprint density at radius 2 is 1.74 bits per heavy atom. The molecular formula is C16H14ClIO. The van der Waals surface area contributed by atoms with Gasteiger partial charge in [0.05, 0.1) is 0 Å². The Hall–Kier alpha value is -0.870. The van der Waals surface area contributed by atoms with Crippen LogP contribution in [0, 0.1) is 3.57 Å². The number of hydrogen-bond donors (Lipinski definition) is 0. The molecule has 0 bridgehead atoms. The summed E-state index contributed by atoms with van der Waals surface area (Å²) in [5.74, 6) is 0.108. The van der Waals surface area contributed by atoms with E-state index in [0.29, 0.717) is 17.0 Å². The van der Waals surface area contributed by atoms with E-state index in [0.717, 1.165) is 15.6 Å². The summed E-state index contributed by atoms with van der Waals surface area (Å²) in [4.78, 5) is 12.3. The van der Waals surface area contributed by atoms with E-state index in [1.54, 1.807) is 12.1 Å². The van der Waals surface area contributed by atoms with Crippen molar-refractivity contribution in [3.63, 3.8) is 0 Å². The van der Waals surface area contributed by atoms with Gasteiger partial charge in [-0.2, -0.15) is 0 Å². The molecule has 0 N–H and O–H groups in total. The van der Waals surface area contributed by atoms with Crippen LogP contribution in [0.15, 0.2) is 42.5 Å². The van der Waals surface area contributed by atoms with Gasteiger partial charge in [-0.05, 0) is 58.3 Å². The van der Waals surface area contributed by atoms with Crippen molar-refractivity contribution in [2.24, 2.45) is 0 Å². The molecule has 0 amide bonds. The fraction of sp³-hybridized carbons (Fsp3) is 0.188. The lowest BCUT2D eigenvalue weighted by Gasteiger charge is -2.05. The first-order valence-electron chi connectivity index (χ1n) is 6.16. The first kappa shape index (κ1) is 14.5. The van der Waals surface area contributed by atoms with Gasteiger partial charge >= 0.3 is 0 Å². The summed E-state index contributed by atoms with van der Waals surface area (Å²) in [6.07, 6.45) is 1.43. The largest absolute Gasteiger partial charge is 0.294 e. The van der Waals surface area contributed by atoms with Crippen LogP contribution in [0.3, 0.4) is 0 Å². The number of carbonyl (C=O) groups excluding carboxylic acids is 1. The van der Waals surface area contributed by atoms with E-state index in [1.807, 2.05) is 18.2 Å². The Morgan fingerprint density at radius 1 is 1.11 bits per heavy atom. The van der Waals surface area contributed by atoms with Gasteiger partial charge in [0.2, 0.25) is 0 Å². The third kappa shape index (κ3) is 3.80. The Balaban J connectivity index is 2.18. The molecule has 1 nitrogen and oxygen atoms in total. The monoisotopic (exact) mass is 384 g/mol.